The number of carbonyl (C=O) groups is 1. The summed E-state index contributed by atoms with van der Waals surface area (Å²) in [5.74, 6) is 2.01. The summed E-state index contributed by atoms with van der Waals surface area (Å²) < 4.78 is 0. The van der Waals surface area contributed by atoms with Gasteiger partial charge in [-0.05, 0) is 108 Å². The van der Waals surface area contributed by atoms with Crippen LogP contribution in [0.25, 0.3) is 0 Å². The SMILES string of the molecule is CC1=C(O)CC2CC3Cc4c(N(C)C)cc(CN5CCc6ccccc6C5)c(O)c4C(=O)C3=C(C(C)(C)C3CC3)C2(C)CC1C. The fourth-order valence-corrected chi connectivity index (χ4v) is 10.1. The van der Waals surface area contributed by atoms with Crippen LogP contribution in [0.2, 0.25) is 0 Å². The van der Waals surface area contributed by atoms with E-state index in [2.05, 4.69) is 88.8 Å². The Balaban J connectivity index is 1.36. The monoisotopic (exact) mass is 608 g/mol. The molecule has 0 bridgehead atoms. The minimum Gasteiger partial charge on any atom is -0.512 e. The largest absolute Gasteiger partial charge is 0.512 e. The third-order valence-corrected chi connectivity index (χ3v) is 12.8. The number of rotatable bonds is 5. The lowest BCUT2D eigenvalue weighted by molar-refractivity contribution is 0.0854. The molecule has 2 aromatic carbocycles. The summed E-state index contributed by atoms with van der Waals surface area (Å²) >= 11 is 0. The highest BCUT2D eigenvalue weighted by molar-refractivity contribution is 6.14. The van der Waals surface area contributed by atoms with Crippen LogP contribution in [-0.4, -0.2) is 41.5 Å². The number of benzene rings is 2. The van der Waals surface area contributed by atoms with E-state index >= 15 is 4.79 Å². The smallest absolute Gasteiger partial charge is 0.193 e. The Hall–Kier alpha value is -3.05. The van der Waals surface area contributed by atoms with E-state index in [0.29, 0.717) is 30.2 Å². The normalized spacial score (nSPS) is 28.7. The van der Waals surface area contributed by atoms with Crippen LogP contribution in [0.5, 0.6) is 5.75 Å². The van der Waals surface area contributed by atoms with Gasteiger partial charge in [0.1, 0.15) is 5.75 Å². The topological polar surface area (TPSA) is 64.0 Å². The quantitative estimate of drug-likeness (QED) is 0.357. The van der Waals surface area contributed by atoms with Crippen molar-refractivity contribution in [3.63, 3.8) is 0 Å². The van der Waals surface area contributed by atoms with Gasteiger partial charge in [0.25, 0.3) is 0 Å². The molecule has 5 aliphatic rings. The van der Waals surface area contributed by atoms with Crippen LogP contribution in [0.1, 0.15) is 99.3 Å². The average Bonchev–Trinajstić information content (AvgIpc) is 3.85. The molecular formula is C40H52N2O3. The molecule has 0 saturated heterocycles. The number of nitrogens with zero attached hydrogens (tertiary/aromatic N) is 2. The van der Waals surface area contributed by atoms with E-state index in [1.54, 1.807) is 0 Å². The highest BCUT2D eigenvalue weighted by Crippen LogP contribution is 2.65. The standard InChI is InChI=1S/C40H52N2O3/c1-23-20-40(5)30(19-33(43)24(23)2)16-27-17-31-32(41(6)7)18-28(22-42-15-14-25-10-8-9-11-26(25)21-42)36(44)35(31)37(45)34(27)38(40)39(3,4)29-12-13-29/h8-11,18,23,27,29-30,43-44H,12-17,19-22H2,1-7H3. The van der Waals surface area contributed by atoms with Crippen molar-refractivity contribution in [2.75, 3.05) is 25.5 Å². The molecule has 240 valence electrons. The van der Waals surface area contributed by atoms with Gasteiger partial charge < -0.3 is 15.1 Å². The van der Waals surface area contributed by atoms with E-state index in [9.17, 15) is 10.2 Å². The molecule has 4 aliphatic carbocycles. The zero-order chi connectivity index (χ0) is 32.0. The number of hydrogen-bond acceptors (Lipinski definition) is 5. The molecule has 5 heteroatoms. The van der Waals surface area contributed by atoms with Crippen LogP contribution in [0.4, 0.5) is 5.69 Å². The van der Waals surface area contributed by atoms with Gasteiger partial charge >= 0.3 is 0 Å². The maximum absolute atomic E-state index is 15.2. The van der Waals surface area contributed by atoms with E-state index in [0.717, 1.165) is 66.7 Å². The molecule has 45 heavy (non-hydrogen) atoms. The lowest BCUT2D eigenvalue weighted by Gasteiger charge is -2.53. The summed E-state index contributed by atoms with van der Waals surface area (Å²) in [6, 6.07) is 10.8. The van der Waals surface area contributed by atoms with Crippen LogP contribution in [0, 0.1) is 34.5 Å². The molecule has 0 radical (unpaired) electrons. The average molecular weight is 609 g/mol. The molecule has 0 aromatic heterocycles. The van der Waals surface area contributed by atoms with Crippen LogP contribution in [-0.2, 0) is 25.9 Å². The van der Waals surface area contributed by atoms with E-state index in [4.69, 9.17) is 0 Å². The van der Waals surface area contributed by atoms with E-state index in [1.807, 2.05) is 0 Å². The summed E-state index contributed by atoms with van der Waals surface area (Å²) in [4.78, 5) is 19.7. The number of aliphatic hydroxyl groups excluding tert-OH is 1. The lowest BCUT2D eigenvalue weighted by atomic mass is 9.50. The zero-order valence-corrected chi connectivity index (χ0v) is 28.5. The first-order valence-electron chi connectivity index (χ1n) is 17.3. The van der Waals surface area contributed by atoms with Crippen molar-refractivity contribution in [1.82, 2.24) is 4.90 Å². The molecule has 2 aromatic rings. The summed E-state index contributed by atoms with van der Waals surface area (Å²) in [6.07, 6.45) is 6.69. The predicted molar refractivity (Wildman–Crippen MR) is 182 cm³/mol. The molecule has 0 spiro atoms. The van der Waals surface area contributed by atoms with Crippen LogP contribution < -0.4 is 4.90 Å². The zero-order valence-electron chi connectivity index (χ0n) is 28.5. The van der Waals surface area contributed by atoms with Gasteiger partial charge in [-0.2, -0.15) is 0 Å². The van der Waals surface area contributed by atoms with Crippen molar-refractivity contribution in [1.29, 1.82) is 0 Å². The van der Waals surface area contributed by atoms with Gasteiger partial charge in [0.15, 0.2) is 5.78 Å². The van der Waals surface area contributed by atoms with Gasteiger partial charge in [-0.3, -0.25) is 9.69 Å². The fraction of sp³-hybridized carbons (Fsp3) is 0.575. The minimum absolute atomic E-state index is 0.0573. The van der Waals surface area contributed by atoms with E-state index in [-0.39, 0.29) is 40.1 Å². The molecule has 2 N–H and O–H groups in total. The lowest BCUT2D eigenvalue weighted by Crippen LogP contribution is -2.46. The molecule has 4 atom stereocenters. The van der Waals surface area contributed by atoms with Crippen LogP contribution in [0.15, 0.2) is 52.8 Å². The van der Waals surface area contributed by atoms with Crippen molar-refractivity contribution in [3.8, 4) is 5.75 Å². The first-order valence-corrected chi connectivity index (χ1v) is 17.3. The molecular weight excluding hydrogens is 556 g/mol. The number of Topliss-reactive ketones (excluding diaryl/α,β-unsaturated/α-hetero) is 1. The Bertz CT molecular complexity index is 1630. The van der Waals surface area contributed by atoms with Gasteiger partial charge in [0, 0.05) is 57.0 Å². The van der Waals surface area contributed by atoms with Crippen LogP contribution in [0.3, 0.4) is 0 Å². The molecule has 4 unspecified atom stereocenters. The van der Waals surface area contributed by atoms with Gasteiger partial charge in [-0.15, -0.1) is 0 Å². The number of carbonyl (C=O) groups excluding carboxylic acids is 1. The highest BCUT2D eigenvalue weighted by atomic mass is 16.3. The maximum atomic E-state index is 15.2. The molecule has 1 heterocycles. The Morgan fingerprint density at radius 2 is 1.80 bits per heavy atom. The van der Waals surface area contributed by atoms with Crippen molar-refractivity contribution in [2.45, 2.75) is 92.7 Å². The number of ketones is 1. The van der Waals surface area contributed by atoms with Crippen molar-refractivity contribution >= 4 is 11.5 Å². The van der Waals surface area contributed by atoms with Gasteiger partial charge in [0.2, 0.25) is 0 Å². The minimum atomic E-state index is -0.185. The Kier molecular flexibility index (Phi) is 7.31. The van der Waals surface area contributed by atoms with Gasteiger partial charge in [-0.1, -0.05) is 57.5 Å². The summed E-state index contributed by atoms with van der Waals surface area (Å²) in [5.41, 5.74) is 9.34. The molecule has 1 aliphatic heterocycles. The number of aliphatic hydroxyl groups is 1. The number of phenolic OH excluding ortho intramolecular Hbond substituents is 1. The second-order valence-electron chi connectivity index (χ2n) is 16.2. The highest BCUT2D eigenvalue weighted by Gasteiger charge is 2.57. The molecule has 5 nitrogen and oxygen atoms in total. The van der Waals surface area contributed by atoms with Crippen LogP contribution >= 0.6 is 0 Å². The first kappa shape index (κ1) is 30.6. The number of anilines is 1. The van der Waals surface area contributed by atoms with E-state index in [1.165, 1.54) is 29.5 Å². The third-order valence-electron chi connectivity index (χ3n) is 12.8. The van der Waals surface area contributed by atoms with Crippen molar-refractivity contribution in [3.05, 3.63) is 80.6 Å². The number of allylic oxidation sites excluding steroid dienone is 4. The second kappa shape index (κ2) is 10.8. The summed E-state index contributed by atoms with van der Waals surface area (Å²) in [6.45, 7) is 13.9. The number of fused-ring (bicyclic) bond motifs is 4. The predicted octanol–water partition coefficient (Wildman–Crippen LogP) is 8.39. The van der Waals surface area contributed by atoms with Gasteiger partial charge in [0.05, 0.1) is 11.3 Å². The number of phenols is 1. The third kappa shape index (κ3) is 4.87. The van der Waals surface area contributed by atoms with Crippen molar-refractivity contribution < 1.29 is 15.0 Å². The molecule has 1 saturated carbocycles. The maximum Gasteiger partial charge on any atom is 0.193 e. The first-order chi connectivity index (χ1) is 21.3. The van der Waals surface area contributed by atoms with Crippen molar-refractivity contribution in [2.24, 2.45) is 34.5 Å². The van der Waals surface area contributed by atoms with Gasteiger partial charge in [-0.25, -0.2) is 0 Å². The molecule has 1 fully saturated rings. The Labute approximate surface area is 270 Å². The Morgan fingerprint density at radius 1 is 1.09 bits per heavy atom. The summed E-state index contributed by atoms with van der Waals surface area (Å²) in [7, 11) is 4.11. The Morgan fingerprint density at radius 3 is 2.49 bits per heavy atom. The number of hydrogen-bond donors (Lipinski definition) is 2. The number of aromatic hydroxyl groups is 1. The second-order valence-corrected chi connectivity index (χ2v) is 16.2. The fourth-order valence-electron chi connectivity index (χ4n) is 10.1. The molecule has 0 amide bonds. The van der Waals surface area contributed by atoms with E-state index < -0.39 is 0 Å². The summed E-state index contributed by atoms with van der Waals surface area (Å²) in [5, 5.41) is 23.3. The molecule has 7 rings (SSSR count).